The molecule has 94 valence electrons. The summed E-state index contributed by atoms with van der Waals surface area (Å²) in [5.74, 6) is 1.70. The third-order valence-corrected chi connectivity index (χ3v) is 5.15. The van der Waals surface area contributed by atoms with E-state index in [4.69, 9.17) is 4.98 Å². The number of benzene rings is 1. The van der Waals surface area contributed by atoms with Gasteiger partial charge in [0.1, 0.15) is 0 Å². The Labute approximate surface area is 117 Å². The van der Waals surface area contributed by atoms with Crippen LogP contribution in [0.3, 0.4) is 0 Å². The molecule has 1 aliphatic rings. The standard InChI is InChI=1S/C16H18BrN/c1-11(12-6-7-12)15(17)10-14-9-8-13-4-2-3-5-16(13)18-14/h2-5,8-9,11-12,15H,6-7,10H2,1H3. The Bertz CT molecular complexity index is 548. The van der Waals surface area contributed by atoms with Crippen molar-refractivity contribution in [3.63, 3.8) is 0 Å². The average Bonchev–Trinajstić information content (AvgIpc) is 3.22. The maximum Gasteiger partial charge on any atom is 0.0705 e. The molecule has 2 aromatic rings. The fourth-order valence-electron chi connectivity index (χ4n) is 2.52. The minimum absolute atomic E-state index is 0.554. The van der Waals surface area contributed by atoms with Crippen molar-refractivity contribution in [2.75, 3.05) is 0 Å². The first-order valence-electron chi connectivity index (χ1n) is 6.73. The monoisotopic (exact) mass is 303 g/mol. The summed E-state index contributed by atoms with van der Waals surface area (Å²) in [7, 11) is 0. The Balaban J connectivity index is 1.77. The third kappa shape index (κ3) is 2.59. The van der Waals surface area contributed by atoms with Gasteiger partial charge in [0.05, 0.1) is 5.52 Å². The predicted molar refractivity (Wildman–Crippen MR) is 80.1 cm³/mol. The van der Waals surface area contributed by atoms with E-state index < -0.39 is 0 Å². The predicted octanol–water partition coefficient (Wildman–Crippen LogP) is 4.59. The van der Waals surface area contributed by atoms with Crippen LogP contribution in [-0.4, -0.2) is 9.81 Å². The van der Waals surface area contributed by atoms with Gasteiger partial charge >= 0.3 is 0 Å². The molecule has 3 rings (SSSR count). The zero-order valence-corrected chi connectivity index (χ0v) is 12.2. The fourth-order valence-corrected chi connectivity index (χ4v) is 3.29. The molecule has 0 amide bonds. The Morgan fingerprint density at radius 2 is 2.00 bits per heavy atom. The molecule has 18 heavy (non-hydrogen) atoms. The zero-order chi connectivity index (χ0) is 12.5. The Kier molecular flexibility index (Phi) is 3.38. The van der Waals surface area contributed by atoms with Gasteiger partial charge in [0, 0.05) is 22.3 Å². The molecule has 1 aromatic carbocycles. The van der Waals surface area contributed by atoms with Crippen LogP contribution in [0.15, 0.2) is 36.4 Å². The van der Waals surface area contributed by atoms with Crippen LogP contribution in [0.1, 0.15) is 25.5 Å². The van der Waals surface area contributed by atoms with E-state index in [1.807, 2.05) is 0 Å². The van der Waals surface area contributed by atoms with Crippen molar-refractivity contribution in [3.8, 4) is 0 Å². The third-order valence-electron chi connectivity index (χ3n) is 4.00. The molecule has 0 N–H and O–H groups in total. The maximum atomic E-state index is 4.75. The highest BCUT2D eigenvalue weighted by molar-refractivity contribution is 9.09. The number of hydrogen-bond acceptors (Lipinski definition) is 1. The SMILES string of the molecule is CC(C(Br)Cc1ccc2ccccc2n1)C1CC1. The zero-order valence-electron chi connectivity index (χ0n) is 10.6. The van der Waals surface area contributed by atoms with E-state index in [-0.39, 0.29) is 0 Å². The lowest BCUT2D eigenvalue weighted by Gasteiger charge is -2.17. The molecular weight excluding hydrogens is 286 g/mol. The van der Waals surface area contributed by atoms with Gasteiger partial charge in [-0.05, 0) is 36.8 Å². The second kappa shape index (κ2) is 5.00. The Morgan fingerprint density at radius 3 is 2.78 bits per heavy atom. The maximum absolute atomic E-state index is 4.75. The summed E-state index contributed by atoms with van der Waals surface area (Å²) in [5, 5.41) is 1.22. The summed E-state index contributed by atoms with van der Waals surface area (Å²) in [6.07, 6.45) is 3.85. The van der Waals surface area contributed by atoms with E-state index in [1.54, 1.807) is 0 Å². The highest BCUT2D eigenvalue weighted by Gasteiger charge is 2.32. The summed E-state index contributed by atoms with van der Waals surface area (Å²) >= 11 is 3.84. The van der Waals surface area contributed by atoms with Gasteiger partial charge < -0.3 is 0 Å². The molecule has 1 fully saturated rings. The van der Waals surface area contributed by atoms with Crippen molar-refractivity contribution in [1.29, 1.82) is 0 Å². The van der Waals surface area contributed by atoms with E-state index in [0.717, 1.165) is 23.8 Å². The molecule has 1 aromatic heterocycles. The van der Waals surface area contributed by atoms with Crippen LogP contribution in [0.4, 0.5) is 0 Å². The Morgan fingerprint density at radius 1 is 1.22 bits per heavy atom. The summed E-state index contributed by atoms with van der Waals surface area (Å²) in [6, 6.07) is 12.7. The van der Waals surface area contributed by atoms with Crippen LogP contribution in [0, 0.1) is 11.8 Å². The molecule has 0 aliphatic heterocycles. The lowest BCUT2D eigenvalue weighted by atomic mass is 9.98. The smallest absolute Gasteiger partial charge is 0.0705 e. The van der Waals surface area contributed by atoms with Gasteiger partial charge in [-0.2, -0.15) is 0 Å². The van der Waals surface area contributed by atoms with Gasteiger partial charge in [0.15, 0.2) is 0 Å². The first kappa shape index (κ1) is 12.2. The molecule has 0 spiro atoms. The van der Waals surface area contributed by atoms with E-state index in [9.17, 15) is 0 Å². The number of fused-ring (bicyclic) bond motifs is 1. The Hall–Kier alpha value is -0.890. The fraction of sp³-hybridized carbons (Fsp3) is 0.438. The van der Waals surface area contributed by atoms with Gasteiger partial charge in [-0.15, -0.1) is 0 Å². The van der Waals surface area contributed by atoms with Gasteiger partial charge in [-0.1, -0.05) is 47.1 Å². The molecule has 0 radical (unpaired) electrons. The molecule has 2 unspecified atom stereocenters. The largest absolute Gasteiger partial charge is 0.253 e. The van der Waals surface area contributed by atoms with Crippen LogP contribution < -0.4 is 0 Å². The summed E-state index contributed by atoms with van der Waals surface area (Å²) in [6.45, 7) is 2.36. The molecule has 0 bridgehead atoms. The normalized spacial score (nSPS) is 18.8. The van der Waals surface area contributed by atoms with E-state index >= 15 is 0 Å². The number of para-hydroxylation sites is 1. The number of rotatable bonds is 4. The number of halogens is 1. The van der Waals surface area contributed by atoms with Crippen LogP contribution >= 0.6 is 15.9 Å². The number of nitrogens with zero attached hydrogens (tertiary/aromatic N) is 1. The van der Waals surface area contributed by atoms with Gasteiger partial charge in [0.2, 0.25) is 0 Å². The molecule has 1 aliphatic carbocycles. The minimum Gasteiger partial charge on any atom is -0.253 e. The van der Waals surface area contributed by atoms with Crippen LogP contribution in [0.2, 0.25) is 0 Å². The number of aromatic nitrogens is 1. The van der Waals surface area contributed by atoms with Crippen molar-refractivity contribution in [2.45, 2.75) is 31.0 Å². The topological polar surface area (TPSA) is 12.9 Å². The van der Waals surface area contributed by atoms with Crippen LogP contribution in [0.25, 0.3) is 10.9 Å². The van der Waals surface area contributed by atoms with Crippen molar-refractivity contribution in [1.82, 2.24) is 4.98 Å². The molecule has 1 saturated carbocycles. The first-order valence-corrected chi connectivity index (χ1v) is 7.64. The van der Waals surface area contributed by atoms with Gasteiger partial charge in [-0.25, -0.2) is 0 Å². The molecule has 2 atom stereocenters. The highest BCUT2D eigenvalue weighted by atomic mass is 79.9. The summed E-state index contributed by atoms with van der Waals surface area (Å²) in [5.41, 5.74) is 2.30. The highest BCUT2D eigenvalue weighted by Crippen LogP contribution is 2.40. The molecule has 1 heterocycles. The van der Waals surface area contributed by atoms with Crippen molar-refractivity contribution < 1.29 is 0 Å². The van der Waals surface area contributed by atoms with Gasteiger partial charge in [0.25, 0.3) is 0 Å². The second-order valence-corrected chi connectivity index (χ2v) is 6.59. The van der Waals surface area contributed by atoms with Crippen molar-refractivity contribution >= 4 is 26.8 Å². The van der Waals surface area contributed by atoms with Crippen LogP contribution in [0.5, 0.6) is 0 Å². The summed E-state index contributed by atoms with van der Waals surface area (Å²) in [4.78, 5) is 5.30. The quantitative estimate of drug-likeness (QED) is 0.753. The van der Waals surface area contributed by atoms with Gasteiger partial charge in [-0.3, -0.25) is 4.98 Å². The summed E-state index contributed by atoms with van der Waals surface area (Å²) < 4.78 is 0. The molecule has 0 saturated heterocycles. The lowest BCUT2D eigenvalue weighted by molar-refractivity contribution is 0.488. The van der Waals surface area contributed by atoms with Crippen molar-refractivity contribution in [3.05, 3.63) is 42.1 Å². The first-order chi connectivity index (χ1) is 8.74. The minimum atomic E-state index is 0.554. The van der Waals surface area contributed by atoms with Crippen molar-refractivity contribution in [2.24, 2.45) is 11.8 Å². The van der Waals surface area contributed by atoms with Crippen LogP contribution in [-0.2, 0) is 6.42 Å². The second-order valence-electron chi connectivity index (χ2n) is 5.41. The number of hydrogen-bond donors (Lipinski definition) is 0. The van der Waals surface area contributed by atoms with E-state index in [0.29, 0.717) is 4.83 Å². The molecular formula is C16H18BrN. The average molecular weight is 304 g/mol. The molecule has 1 nitrogen and oxygen atoms in total. The van der Waals surface area contributed by atoms with E-state index in [2.05, 4.69) is 59.3 Å². The number of alkyl halides is 1. The lowest BCUT2D eigenvalue weighted by Crippen LogP contribution is -2.16. The number of pyridine rings is 1. The van der Waals surface area contributed by atoms with E-state index in [1.165, 1.54) is 23.9 Å². The molecule has 2 heteroatoms.